The number of rotatable bonds is 5. The highest BCUT2D eigenvalue weighted by Crippen LogP contribution is 2.07. The molecule has 0 aromatic rings. The summed E-state index contributed by atoms with van der Waals surface area (Å²) in [4.78, 5) is 13.2. The summed E-state index contributed by atoms with van der Waals surface area (Å²) < 4.78 is 4.78. The van der Waals surface area contributed by atoms with Crippen molar-refractivity contribution in [3.63, 3.8) is 0 Å². The second-order valence-corrected chi connectivity index (χ2v) is 3.68. The molecule has 1 saturated heterocycles. The van der Waals surface area contributed by atoms with Gasteiger partial charge in [0, 0.05) is 33.8 Å². The Hall–Kier alpha value is -0.650. The van der Waals surface area contributed by atoms with Gasteiger partial charge in [0.15, 0.2) is 0 Å². The molecule has 0 aliphatic carbocycles. The van der Waals surface area contributed by atoms with Crippen molar-refractivity contribution >= 4 is 5.91 Å². The first-order valence-electron chi connectivity index (χ1n) is 4.78. The van der Waals surface area contributed by atoms with Crippen LogP contribution in [-0.4, -0.2) is 62.4 Å². The van der Waals surface area contributed by atoms with Crippen LogP contribution in [0.1, 0.15) is 0 Å². The minimum absolute atomic E-state index is 0.0924. The lowest BCUT2D eigenvalue weighted by Crippen LogP contribution is -2.52. The van der Waals surface area contributed by atoms with Gasteiger partial charge in [0.2, 0.25) is 5.91 Å². The van der Waals surface area contributed by atoms with Gasteiger partial charge in [-0.15, -0.1) is 0 Å². The largest absolute Gasteiger partial charge is 0.389 e. The van der Waals surface area contributed by atoms with Gasteiger partial charge >= 0.3 is 0 Å². The van der Waals surface area contributed by atoms with Crippen molar-refractivity contribution in [1.82, 2.24) is 10.2 Å². The Morgan fingerprint density at radius 3 is 2.79 bits per heavy atom. The number of aliphatic hydroxyl groups excluding tert-OH is 1. The number of hydrogen-bond donors (Lipinski definition) is 2. The molecule has 82 valence electrons. The smallest absolute Gasteiger partial charge is 0.228 e. The minimum atomic E-state index is -0.595. The Bertz CT molecular complexity index is 194. The fraction of sp³-hybridized carbons (Fsp3) is 0.889. The highest BCUT2D eigenvalue weighted by atomic mass is 16.5. The van der Waals surface area contributed by atoms with E-state index in [1.165, 1.54) is 7.11 Å². The lowest BCUT2D eigenvalue weighted by molar-refractivity contribution is -0.137. The highest BCUT2D eigenvalue weighted by molar-refractivity contribution is 5.79. The number of carbonyl (C=O) groups is 1. The van der Waals surface area contributed by atoms with Crippen LogP contribution in [0.15, 0.2) is 0 Å². The molecule has 1 rings (SSSR count). The van der Waals surface area contributed by atoms with Gasteiger partial charge in [0.05, 0.1) is 18.6 Å². The number of likely N-dealkylation sites (N-methyl/N-ethyl adjacent to an activating group) is 1. The Kier molecular flexibility index (Phi) is 4.31. The summed E-state index contributed by atoms with van der Waals surface area (Å²) in [6, 6.07) is 0. The van der Waals surface area contributed by atoms with E-state index >= 15 is 0 Å². The third-order valence-electron chi connectivity index (χ3n) is 2.35. The summed E-state index contributed by atoms with van der Waals surface area (Å²) >= 11 is 0. The summed E-state index contributed by atoms with van der Waals surface area (Å²) in [5.74, 6) is 0.189. The molecule has 1 heterocycles. The van der Waals surface area contributed by atoms with Crippen LogP contribution in [0.3, 0.4) is 0 Å². The molecule has 1 amide bonds. The molecule has 1 unspecified atom stereocenters. The maximum atomic E-state index is 11.6. The standard InChI is InChI=1S/C9H18N2O3/c1-11(5-8(12)6-14-2)9(13)7-3-10-4-7/h7-8,10,12H,3-6H2,1-2H3. The third-order valence-corrected chi connectivity index (χ3v) is 2.35. The van der Waals surface area contributed by atoms with E-state index in [0.717, 1.165) is 13.1 Å². The summed E-state index contributed by atoms with van der Waals surface area (Å²) in [5.41, 5.74) is 0. The van der Waals surface area contributed by atoms with Gasteiger partial charge in [-0.05, 0) is 0 Å². The first-order valence-corrected chi connectivity index (χ1v) is 4.78. The van der Waals surface area contributed by atoms with E-state index in [4.69, 9.17) is 4.74 Å². The lowest BCUT2D eigenvalue weighted by atomic mass is 10.0. The molecule has 14 heavy (non-hydrogen) atoms. The molecule has 1 aliphatic rings. The molecule has 0 aromatic carbocycles. The summed E-state index contributed by atoms with van der Waals surface area (Å²) in [5, 5.41) is 12.4. The highest BCUT2D eigenvalue weighted by Gasteiger charge is 2.28. The number of aliphatic hydroxyl groups is 1. The molecule has 0 spiro atoms. The first-order chi connectivity index (χ1) is 6.65. The molecule has 5 heteroatoms. The van der Waals surface area contributed by atoms with Crippen molar-refractivity contribution in [3.05, 3.63) is 0 Å². The van der Waals surface area contributed by atoms with E-state index in [0.29, 0.717) is 6.54 Å². The van der Waals surface area contributed by atoms with E-state index in [2.05, 4.69) is 5.32 Å². The Morgan fingerprint density at radius 1 is 1.71 bits per heavy atom. The normalized spacial score (nSPS) is 18.8. The average molecular weight is 202 g/mol. The Morgan fingerprint density at radius 2 is 2.36 bits per heavy atom. The van der Waals surface area contributed by atoms with Crippen molar-refractivity contribution in [2.75, 3.05) is 40.4 Å². The summed E-state index contributed by atoms with van der Waals surface area (Å²) in [7, 11) is 3.24. The van der Waals surface area contributed by atoms with Crippen molar-refractivity contribution in [1.29, 1.82) is 0 Å². The number of ether oxygens (including phenoxy) is 1. The first kappa shape index (κ1) is 11.4. The molecule has 2 N–H and O–H groups in total. The second-order valence-electron chi connectivity index (χ2n) is 3.68. The van der Waals surface area contributed by atoms with E-state index in [-0.39, 0.29) is 18.4 Å². The molecule has 0 radical (unpaired) electrons. The van der Waals surface area contributed by atoms with Crippen molar-refractivity contribution in [2.24, 2.45) is 5.92 Å². The van der Waals surface area contributed by atoms with Crippen LogP contribution in [-0.2, 0) is 9.53 Å². The zero-order valence-electron chi connectivity index (χ0n) is 8.69. The molecule has 0 aromatic heterocycles. The minimum Gasteiger partial charge on any atom is -0.389 e. The number of amides is 1. The molecular weight excluding hydrogens is 184 g/mol. The fourth-order valence-corrected chi connectivity index (χ4v) is 1.43. The fourth-order valence-electron chi connectivity index (χ4n) is 1.43. The Labute approximate surface area is 84.0 Å². The number of carbonyl (C=O) groups excluding carboxylic acids is 1. The van der Waals surface area contributed by atoms with Crippen LogP contribution < -0.4 is 5.32 Å². The van der Waals surface area contributed by atoms with Gasteiger partial charge < -0.3 is 20.1 Å². The van der Waals surface area contributed by atoms with Crippen molar-refractivity contribution in [2.45, 2.75) is 6.10 Å². The third kappa shape index (κ3) is 2.94. The van der Waals surface area contributed by atoms with Crippen LogP contribution in [0.5, 0.6) is 0 Å². The van der Waals surface area contributed by atoms with Crippen molar-refractivity contribution in [3.8, 4) is 0 Å². The van der Waals surface area contributed by atoms with Crippen LogP contribution in [0.25, 0.3) is 0 Å². The van der Waals surface area contributed by atoms with Gasteiger partial charge in [-0.3, -0.25) is 4.79 Å². The van der Waals surface area contributed by atoms with Gasteiger partial charge in [-0.25, -0.2) is 0 Å². The molecule has 1 atom stereocenters. The van der Waals surface area contributed by atoms with Crippen molar-refractivity contribution < 1.29 is 14.6 Å². The summed E-state index contributed by atoms with van der Waals surface area (Å²) in [6.45, 7) is 2.11. The maximum Gasteiger partial charge on any atom is 0.228 e. The van der Waals surface area contributed by atoms with Gasteiger partial charge in [-0.2, -0.15) is 0 Å². The average Bonchev–Trinajstić information content (AvgIpc) is 2.01. The Balaban J connectivity index is 2.25. The number of nitrogens with zero attached hydrogens (tertiary/aromatic N) is 1. The number of nitrogens with one attached hydrogen (secondary N) is 1. The SMILES string of the molecule is COCC(O)CN(C)C(=O)C1CNC1. The predicted molar refractivity (Wildman–Crippen MR) is 51.9 cm³/mol. The van der Waals surface area contributed by atoms with Crippen LogP contribution in [0.2, 0.25) is 0 Å². The predicted octanol–water partition coefficient (Wildman–Crippen LogP) is -1.33. The van der Waals surface area contributed by atoms with Gasteiger partial charge in [0.25, 0.3) is 0 Å². The van der Waals surface area contributed by atoms with E-state index in [9.17, 15) is 9.90 Å². The molecule has 1 aliphatic heterocycles. The number of hydrogen-bond acceptors (Lipinski definition) is 4. The molecule has 0 bridgehead atoms. The molecule has 5 nitrogen and oxygen atoms in total. The zero-order chi connectivity index (χ0) is 10.6. The lowest BCUT2D eigenvalue weighted by Gasteiger charge is -2.31. The van der Waals surface area contributed by atoms with Gasteiger partial charge in [-0.1, -0.05) is 0 Å². The van der Waals surface area contributed by atoms with Crippen LogP contribution >= 0.6 is 0 Å². The quantitative estimate of drug-likeness (QED) is 0.580. The monoisotopic (exact) mass is 202 g/mol. The van der Waals surface area contributed by atoms with Crippen LogP contribution in [0, 0.1) is 5.92 Å². The number of methoxy groups -OCH3 is 1. The maximum absolute atomic E-state index is 11.6. The molecule has 0 saturated carbocycles. The van der Waals surface area contributed by atoms with Gasteiger partial charge in [0.1, 0.15) is 0 Å². The molecule has 1 fully saturated rings. The topological polar surface area (TPSA) is 61.8 Å². The zero-order valence-corrected chi connectivity index (χ0v) is 8.69. The second kappa shape index (κ2) is 5.29. The summed E-state index contributed by atoms with van der Waals surface area (Å²) in [6.07, 6.45) is -0.595. The van der Waals surface area contributed by atoms with Crippen LogP contribution in [0.4, 0.5) is 0 Å². The van der Waals surface area contributed by atoms with E-state index in [1.54, 1.807) is 11.9 Å². The van der Waals surface area contributed by atoms with E-state index < -0.39 is 6.10 Å². The van der Waals surface area contributed by atoms with E-state index in [1.807, 2.05) is 0 Å². The molecular formula is C9H18N2O3.